The summed E-state index contributed by atoms with van der Waals surface area (Å²) in [6.07, 6.45) is 0.802. The fraction of sp³-hybridized carbons (Fsp3) is 0.364. The van der Waals surface area contributed by atoms with Gasteiger partial charge in [-0.25, -0.2) is 0 Å². The molecule has 29 heavy (non-hydrogen) atoms. The van der Waals surface area contributed by atoms with E-state index in [1.165, 1.54) is 0 Å². The van der Waals surface area contributed by atoms with Crippen LogP contribution in [0.2, 0.25) is 0 Å². The van der Waals surface area contributed by atoms with E-state index in [4.69, 9.17) is 9.47 Å². The van der Waals surface area contributed by atoms with Crippen LogP contribution in [0.5, 0.6) is 11.5 Å². The minimum absolute atomic E-state index is 0.0412. The summed E-state index contributed by atoms with van der Waals surface area (Å²) in [5.41, 5.74) is 1.50. The minimum Gasteiger partial charge on any atom is -0.494 e. The van der Waals surface area contributed by atoms with Gasteiger partial charge in [0.25, 0.3) is 0 Å². The van der Waals surface area contributed by atoms with E-state index in [2.05, 4.69) is 10.6 Å². The first kappa shape index (κ1) is 22.6. The van der Waals surface area contributed by atoms with Crippen LogP contribution in [-0.4, -0.2) is 36.5 Å². The largest absolute Gasteiger partial charge is 0.494 e. The monoisotopic (exact) mass is 416 g/mol. The topological polar surface area (TPSA) is 76.7 Å². The molecule has 0 aliphatic rings. The molecular formula is C22H28N2O4S. The van der Waals surface area contributed by atoms with E-state index in [9.17, 15) is 9.59 Å². The summed E-state index contributed by atoms with van der Waals surface area (Å²) in [4.78, 5) is 24.0. The van der Waals surface area contributed by atoms with E-state index in [1.54, 1.807) is 11.8 Å². The summed E-state index contributed by atoms with van der Waals surface area (Å²) < 4.78 is 10.8. The van der Waals surface area contributed by atoms with Crippen LogP contribution in [0.4, 0.5) is 11.4 Å². The number of nitrogens with one attached hydrogen (secondary N) is 2. The van der Waals surface area contributed by atoms with Gasteiger partial charge in [0.15, 0.2) is 0 Å². The van der Waals surface area contributed by atoms with Gasteiger partial charge in [-0.1, -0.05) is 0 Å². The molecule has 0 aliphatic heterocycles. The molecular weight excluding hydrogens is 388 g/mol. The normalized spacial score (nSPS) is 10.3. The standard InChI is InChI=1S/C22H28N2O4S/c1-3-27-19-9-5-17(6-10-19)23-21(25)13-15-29-16-14-22(26)24-18-7-11-20(12-8-18)28-4-2/h5-12H,3-4,13-16H2,1-2H3,(H,23,25)(H,24,26). The Morgan fingerprint density at radius 2 is 1.10 bits per heavy atom. The van der Waals surface area contributed by atoms with Gasteiger partial charge in [0.05, 0.1) is 13.2 Å². The smallest absolute Gasteiger partial charge is 0.225 e. The molecule has 0 fully saturated rings. The van der Waals surface area contributed by atoms with Gasteiger partial charge < -0.3 is 20.1 Å². The Kier molecular flexibility index (Phi) is 9.92. The second-order valence-electron chi connectivity index (χ2n) is 6.12. The van der Waals surface area contributed by atoms with Gasteiger partial charge in [0.2, 0.25) is 11.8 Å². The predicted molar refractivity (Wildman–Crippen MR) is 119 cm³/mol. The summed E-state index contributed by atoms with van der Waals surface area (Å²) in [7, 11) is 0. The van der Waals surface area contributed by atoms with E-state index in [0.717, 1.165) is 22.9 Å². The molecule has 2 aromatic carbocycles. The average molecular weight is 417 g/mol. The van der Waals surface area contributed by atoms with Gasteiger partial charge in [0, 0.05) is 35.7 Å². The minimum atomic E-state index is -0.0412. The molecule has 0 aromatic heterocycles. The van der Waals surface area contributed by atoms with E-state index in [-0.39, 0.29) is 11.8 Å². The number of benzene rings is 2. The lowest BCUT2D eigenvalue weighted by molar-refractivity contribution is -0.116. The van der Waals surface area contributed by atoms with Crippen LogP contribution in [0.15, 0.2) is 48.5 Å². The second kappa shape index (κ2) is 12.7. The third-order valence-electron chi connectivity index (χ3n) is 3.85. The van der Waals surface area contributed by atoms with Crippen molar-refractivity contribution in [2.24, 2.45) is 0 Å². The first-order chi connectivity index (χ1) is 14.1. The van der Waals surface area contributed by atoms with Gasteiger partial charge in [-0.05, 0) is 62.4 Å². The predicted octanol–water partition coefficient (Wildman–Crippen LogP) is 4.57. The Balaban J connectivity index is 1.58. The van der Waals surface area contributed by atoms with Crippen LogP contribution in [0.25, 0.3) is 0 Å². The van der Waals surface area contributed by atoms with Crippen molar-refractivity contribution < 1.29 is 19.1 Å². The first-order valence-corrected chi connectivity index (χ1v) is 10.9. The molecule has 0 heterocycles. The van der Waals surface area contributed by atoms with Crippen molar-refractivity contribution >= 4 is 35.0 Å². The molecule has 0 bridgehead atoms. The molecule has 2 rings (SSSR count). The van der Waals surface area contributed by atoms with Crippen molar-refractivity contribution in [3.8, 4) is 11.5 Å². The highest BCUT2D eigenvalue weighted by Crippen LogP contribution is 2.17. The fourth-order valence-corrected chi connectivity index (χ4v) is 3.34. The number of anilines is 2. The molecule has 0 atom stereocenters. The van der Waals surface area contributed by atoms with Crippen molar-refractivity contribution in [2.45, 2.75) is 26.7 Å². The van der Waals surface area contributed by atoms with Crippen molar-refractivity contribution in [2.75, 3.05) is 35.4 Å². The van der Waals surface area contributed by atoms with Crippen LogP contribution in [0.3, 0.4) is 0 Å². The molecule has 0 spiro atoms. The zero-order chi connectivity index (χ0) is 20.9. The molecule has 2 aromatic rings. The maximum Gasteiger partial charge on any atom is 0.225 e. The number of carbonyl (C=O) groups excluding carboxylic acids is 2. The van der Waals surface area contributed by atoms with E-state index in [0.29, 0.717) is 37.6 Å². The number of hydrogen-bond donors (Lipinski definition) is 2. The lowest BCUT2D eigenvalue weighted by Gasteiger charge is -2.08. The Hall–Kier alpha value is -2.67. The molecule has 156 valence electrons. The number of thioether (sulfide) groups is 1. The second-order valence-corrected chi connectivity index (χ2v) is 7.35. The Labute approximate surface area is 176 Å². The van der Waals surface area contributed by atoms with Crippen LogP contribution < -0.4 is 20.1 Å². The van der Waals surface area contributed by atoms with Gasteiger partial charge in [-0.15, -0.1) is 0 Å². The molecule has 0 saturated heterocycles. The summed E-state index contributed by atoms with van der Waals surface area (Å²) >= 11 is 1.59. The molecule has 0 saturated carbocycles. The number of rotatable bonds is 12. The van der Waals surface area contributed by atoms with Crippen molar-refractivity contribution in [3.05, 3.63) is 48.5 Å². The lowest BCUT2D eigenvalue weighted by Crippen LogP contribution is -2.14. The van der Waals surface area contributed by atoms with Gasteiger partial charge in [-0.2, -0.15) is 11.8 Å². The number of hydrogen-bond acceptors (Lipinski definition) is 5. The quantitative estimate of drug-likeness (QED) is 0.496. The SMILES string of the molecule is CCOc1ccc(NC(=O)CCSCCC(=O)Nc2ccc(OCC)cc2)cc1. The molecule has 6 nitrogen and oxygen atoms in total. The van der Waals surface area contributed by atoms with Gasteiger partial charge in [0.1, 0.15) is 11.5 Å². The molecule has 2 N–H and O–H groups in total. The van der Waals surface area contributed by atoms with E-state index >= 15 is 0 Å². The highest BCUT2D eigenvalue weighted by atomic mass is 32.2. The molecule has 0 aliphatic carbocycles. The van der Waals surface area contributed by atoms with Crippen LogP contribution in [0, 0.1) is 0 Å². The molecule has 2 amide bonds. The number of carbonyl (C=O) groups is 2. The van der Waals surface area contributed by atoms with Crippen molar-refractivity contribution in [1.82, 2.24) is 0 Å². The number of ether oxygens (including phenoxy) is 2. The third-order valence-corrected chi connectivity index (χ3v) is 4.83. The van der Waals surface area contributed by atoms with Crippen molar-refractivity contribution in [3.63, 3.8) is 0 Å². The highest BCUT2D eigenvalue weighted by molar-refractivity contribution is 7.99. The fourth-order valence-electron chi connectivity index (χ4n) is 2.48. The zero-order valence-electron chi connectivity index (χ0n) is 16.9. The molecule has 0 unspecified atom stereocenters. The van der Waals surface area contributed by atoms with Crippen LogP contribution in [0.1, 0.15) is 26.7 Å². The van der Waals surface area contributed by atoms with E-state index in [1.807, 2.05) is 62.4 Å². The molecule has 0 radical (unpaired) electrons. The lowest BCUT2D eigenvalue weighted by atomic mass is 10.3. The third kappa shape index (κ3) is 8.91. The number of amides is 2. The first-order valence-electron chi connectivity index (χ1n) is 9.74. The molecule has 7 heteroatoms. The van der Waals surface area contributed by atoms with Crippen LogP contribution in [-0.2, 0) is 9.59 Å². The van der Waals surface area contributed by atoms with Crippen molar-refractivity contribution in [1.29, 1.82) is 0 Å². The average Bonchev–Trinajstić information content (AvgIpc) is 2.71. The maximum absolute atomic E-state index is 12.0. The van der Waals surface area contributed by atoms with Gasteiger partial charge in [-0.3, -0.25) is 9.59 Å². The maximum atomic E-state index is 12.0. The summed E-state index contributed by atoms with van der Waals surface area (Å²) in [5, 5.41) is 5.72. The summed E-state index contributed by atoms with van der Waals surface area (Å²) in [6, 6.07) is 14.6. The zero-order valence-corrected chi connectivity index (χ0v) is 17.7. The van der Waals surface area contributed by atoms with E-state index < -0.39 is 0 Å². The van der Waals surface area contributed by atoms with Crippen LogP contribution >= 0.6 is 11.8 Å². The van der Waals surface area contributed by atoms with Gasteiger partial charge >= 0.3 is 0 Å². The summed E-state index contributed by atoms with van der Waals surface area (Å²) in [6.45, 7) is 5.08. The Bertz CT molecular complexity index is 698. The highest BCUT2D eigenvalue weighted by Gasteiger charge is 2.05. The Morgan fingerprint density at radius 3 is 1.45 bits per heavy atom. The Morgan fingerprint density at radius 1 is 0.724 bits per heavy atom. The summed E-state index contributed by atoms with van der Waals surface area (Å²) in [5.74, 6) is 2.81.